The van der Waals surface area contributed by atoms with E-state index in [9.17, 15) is 9.59 Å². The fourth-order valence-electron chi connectivity index (χ4n) is 0.533. The average molecular weight is 160 g/mol. The molecular weight excluding hydrogens is 148 g/mol. The van der Waals surface area contributed by atoms with Gasteiger partial charge in [0.15, 0.2) is 0 Å². The molecule has 0 aliphatic rings. The van der Waals surface area contributed by atoms with Crippen molar-refractivity contribution in [2.75, 3.05) is 26.2 Å². The molecule has 0 unspecified atom stereocenters. The summed E-state index contributed by atoms with van der Waals surface area (Å²) < 4.78 is 0. The van der Waals surface area contributed by atoms with Gasteiger partial charge >= 0.3 is 5.97 Å². The molecule has 0 heterocycles. The lowest BCUT2D eigenvalue weighted by molar-refractivity contribution is -0.135. The molecule has 0 amide bonds. The highest BCUT2D eigenvalue weighted by Gasteiger charge is 1.92. The summed E-state index contributed by atoms with van der Waals surface area (Å²) in [6, 6.07) is 0. The number of aliphatic carboxylic acids is 1. The lowest BCUT2D eigenvalue weighted by Gasteiger charge is -2.00. The first-order chi connectivity index (χ1) is 5.27. The summed E-state index contributed by atoms with van der Waals surface area (Å²) in [4.78, 5) is 19.7. The van der Waals surface area contributed by atoms with E-state index in [0.717, 1.165) is 6.29 Å². The number of hydrogen-bond donors (Lipinski definition) is 3. The largest absolute Gasteiger partial charge is 0.480 e. The highest BCUT2D eigenvalue weighted by atomic mass is 16.4. The summed E-state index contributed by atoms with van der Waals surface area (Å²) in [6.07, 6.45) is 0.761. The van der Waals surface area contributed by atoms with Crippen LogP contribution < -0.4 is 10.6 Å². The van der Waals surface area contributed by atoms with E-state index in [-0.39, 0.29) is 6.54 Å². The van der Waals surface area contributed by atoms with Crippen molar-refractivity contribution in [2.45, 2.75) is 0 Å². The van der Waals surface area contributed by atoms with Crippen LogP contribution in [0.3, 0.4) is 0 Å². The lowest BCUT2D eigenvalue weighted by Crippen LogP contribution is -2.31. The molecule has 0 saturated heterocycles. The SMILES string of the molecule is O=CCNCCNCC(=O)O. The van der Waals surface area contributed by atoms with Crippen LogP contribution in [0.25, 0.3) is 0 Å². The van der Waals surface area contributed by atoms with Crippen molar-refractivity contribution in [1.82, 2.24) is 10.6 Å². The predicted molar refractivity (Wildman–Crippen MR) is 39.4 cm³/mol. The van der Waals surface area contributed by atoms with E-state index in [0.29, 0.717) is 19.6 Å². The second kappa shape index (κ2) is 7.17. The predicted octanol–water partition coefficient (Wildman–Crippen LogP) is -1.55. The minimum Gasteiger partial charge on any atom is -0.480 e. The number of carboxylic acid groups (broad SMARTS) is 1. The highest BCUT2D eigenvalue weighted by molar-refractivity contribution is 5.68. The zero-order valence-electron chi connectivity index (χ0n) is 6.17. The van der Waals surface area contributed by atoms with Crippen LogP contribution in [-0.4, -0.2) is 43.5 Å². The van der Waals surface area contributed by atoms with Crippen molar-refractivity contribution in [2.24, 2.45) is 0 Å². The summed E-state index contributed by atoms with van der Waals surface area (Å²) in [5, 5.41) is 13.6. The van der Waals surface area contributed by atoms with Gasteiger partial charge in [0.25, 0.3) is 0 Å². The molecular formula is C6H12N2O3. The summed E-state index contributed by atoms with van der Waals surface area (Å²) in [7, 11) is 0. The van der Waals surface area contributed by atoms with Gasteiger partial charge in [-0.3, -0.25) is 4.79 Å². The van der Waals surface area contributed by atoms with Crippen molar-refractivity contribution in [3.05, 3.63) is 0 Å². The Morgan fingerprint density at radius 1 is 1.36 bits per heavy atom. The first-order valence-electron chi connectivity index (χ1n) is 3.34. The minimum atomic E-state index is -0.875. The summed E-state index contributed by atoms with van der Waals surface area (Å²) in [6.45, 7) is 1.43. The van der Waals surface area contributed by atoms with Crippen LogP contribution in [0.2, 0.25) is 0 Å². The van der Waals surface area contributed by atoms with Crippen LogP contribution in [0.1, 0.15) is 0 Å². The topological polar surface area (TPSA) is 78.4 Å². The van der Waals surface area contributed by atoms with Gasteiger partial charge in [0.05, 0.1) is 13.1 Å². The molecule has 0 saturated carbocycles. The molecule has 0 radical (unpaired) electrons. The zero-order chi connectivity index (χ0) is 8.53. The molecule has 0 aliphatic heterocycles. The first-order valence-corrected chi connectivity index (χ1v) is 3.34. The molecule has 0 spiro atoms. The Morgan fingerprint density at radius 2 is 2.00 bits per heavy atom. The molecule has 5 heteroatoms. The van der Waals surface area contributed by atoms with Gasteiger partial charge in [-0.2, -0.15) is 0 Å². The lowest BCUT2D eigenvalue weighted by atomic mass is 10.5. The van der Waals surface area contributed by atoms with Gasteiger partial charge in [-0.15, -0.1) is 0 Å². The third-order valence-electron chi connectivity index (χ3n) is 0.982. The molecule has 5 nitrogen and oxygen atoms in total. The first kappa shape index (κ1) is 10.1. The van der Waals surface area contributed by atoms with Crippen LogP contribution in [0, 0.1) is 0 Å². The second-order valence-corrected chi connectivity index (χ2v) is 1.94. The van der Waals surface area contributed by atoms with Crippen LogP contribution in [0.5, 0.6) is 0 Å². The monoisotopic (exact) mass is 160 g/mol. The molecule has 0 aromatic heterocycles. The molecule has 0 aliphatic carbocycles. The summed E-state index contributed by atoms with van der Waals surface area (Å²) in [5.41, 5.74) is 0. The molecule has 3 N–H and O–H groups in total. The Balaban J connectivity index is 2.90. The second-order valence-electron chi connectivity index (χ2n) is 1.94. The number of carbonyl (C=O) groups is 2. The van der Waals surface area contributed by atoms with Gasteiger partial charge in [0, 0.05) is 13.1 Å². The van der Waals surface area contributed by atoms with Crippen molar-refractivity contribution < 1.29 is 14.7 Å². The van der Waals surface area contributed by atoms with Crippen molar-refractivity contribution in [3.63, 3.8) is 0 Å². The zero-order valence-corrected chi connectivity index (χ0v) is 6.17. The number of rotatable bonds is 7. The molecule has 0 rings (SSSR count). The third kappa shape index (κ3) is 9.06. The molecule has 0 atom stereocenters. The Morgan fingerprint density at radius 3 is 2.55 bits per heavy atom. The molecule has 0 aromatic carbocycles. The Kier molecular flexibility index (Phi) is 6.56. The van der Waals surface area contributed by atoms with Crippen LogP contribution in [0.15, 0.2) is 0 Å². The van der Waals surface area contributed by atoms with E-state index in [2.05, 4.69) is 10.6 Å². The molecule has 0 aromatic rings. The van der Waals surface area contributed by atoms with E-state index >= 15 is 0 Å². The quantitative estimate of drug-likeness (QED) is 0.310. The molecule has 64 valence electrons. The number of aldehydes is 1. The Hall–Kier alpha value is -0.940. The number of nitrogens with one attached hydrogen (secondary N) is 2. The summed E-state index contributed by atoms with van der Waals surface area (Å²) >= 11 is 0. The van der Waals surface area contributed by atoms with Gasteiger partial charge in [0.2, 0.25) is 0 Å². The van der Waals surface area contributed by atoms with E-state index in [1.165, 1.54) is 0 Å². The maximum atomic E-state index is 9.95. The average Bonchev–Trinajstić information content (AvgIpc) is 1.96. The number of carbonyl (C=O) groups excluding carboxylic acids is 1. The van der Waals surface area contributed by atoms with Gasteiger partial charge in [-0.25, -0.2) is 0 Å². The van der Waals surface area contributed by atoms with Gasteiger partial charge in [-0.1, -0.05) is 0 Å². The summed E-state index contributed by atoms with van der Waals surface area (Å²) in [5.74, 6) is -0.875. The Labute approximate surface area is 64.8 Å². The molecule has 11 heavy (non-hydrogen) atoms. The van der Waals surface area contributed by atoms with Crippen LogP contribution in [-0.2, 0) is 9.59 Å². The van der Waals surface area contributed by atoms with E-state index in [4.69, 9.17) is 5.11 Å². The standard InChI is InChI=1S/C6H12N2O3/c9-4-3-7-1-2-8-5-6(10)11/h4,7-8H,1-3,5H2,(H,10,11). The van der Waals surface area contributed by atoms with Crippen LogP contribution >= 0.6 is 0 Å². The maximum absolute atomic E-state index is 9.95. The normalized spacial score (nSPS) is 9.45. The van der Waals surface area contributed by atoms with Crippen molar-refractivity contribution in [1.29, 1.82) is 0 Å². The number of hydrogen-bond acceptors (Lipinski definition) is 4. The van der Waals surface area contributed by atoms with E-state index < -0.39 is 5.97 Å². The van der Waals surface area contributed by atoms with Crippen molar-refractivity contribution >= 4 is 12.3 Å². The van der Waals surface area contributed by atoms with Crippen LogP contribution in [0.4, 0.5) is 0 Å². The number of carboxylic acids is 1. The van der Waals surface area contributed by atoms with Gasteiger partial charge in [-0.05, 0) is 0 Å². The molecule has 0 fully saturated rings. The minimum absolute atomic E-state index is 0.0389. The Bertz CT molecular complexity index is 127. The van der Waals surface area contributed by atoms with Gasteiger partial charge in [0.1, 0.15) is 6.29 Å². The van der Waals surface area contributed by atoms with E-state index in [1.807, 2.05) is 0 Å². The van der Waals surface area contributed by atoms with Crippen molar-refractivity contribution in [3.8, 4) is 0 Å². The van der Waals surface area contributed by atoms with Gasteiger partial charge < -0.3 is 20.5 Å². The fourth-order valence-corrected chi connectivity index (χ4v) is 0.533. The smallest absolute Gasteiger partial charge is 0.317 e. The highest BCUT2D eigenvalue weighted by Crippen LogP contribution is 1.60. The maximum Gasteiger partial charge on any atom is 0.317 e. The molecule has 0 bridgehead atoms. The van der Waals surface area contributed by atoms with E-state index in [1.54, 1.807) is 0 Å². The third-order valence-corrected chi connectivity index (χ3v) is 0.982. The fraction of sp³-hybridized carbons (Fsp3) is 0.667.